The van der Waals surface area contributed by atoms with Crippen molar-refractivity contribution in [2.45, 2.75) is 5.54 Å². The SMILES string of the molecule is O=C(NC(CO)(CO)CO)c1cc(=O)c2ccccc2[nH]1. The highest BCUT2D eigenvalue weighted by molar-refractivity contribution is 5.95. The number of nitrogens with one attached hydrogen (secondary N) is 2. The van der Waals surface area contributed by atoms with Gasteiger partial charge in [0.05, 0.1) is 19.8 Å². The van der Waals surface area contributed by atoms with Gasteiger partial charge in [0.25, 0.3) is 5.91 Å². The minimum absolute atomic E-state index is 0.0153. The van der Waals surface area contributed by atoms with Gasteiger partial charge in [-0.3, -0.25) is 9.59 Å². The van der Waals surface area contributed by atoms with Crippen LogP contribution in [0.5, 0.6) is 0 Å². The number of carbonyl (C=O) groups excluding carboxylic acids is 1. The van der Waals surface area contributed by atoms with Gasteiger partial charge in [0.2, 0.25) is 0 Å². The lowest BCUT2D eigenvalue weighted by Crippen LogP contribution is -2.57. The Morgan fingerprint density at radius 1 is 1.14 bits per heavy atom. The second-order valence-electron chi connectivity index (χ2n) is 4.80. The Bertz CT molecular complexity index is 698. The molecule has 0 radical (unpaired) electrons. The summed E-state index contributed by atoms with van der Waals surface area (Å²) in [5.74, 6) is -0.699. The summed E-state index contributed by atoms with van der Waals surface area (Å²) >= 11 is 0. The molecule has 0 aliphatic carbocycles. The number of hydrogen-bond donors (Lipinski definition) is 5. The first-order valence-electron chi connectivity index (χ1n) is 6.32. The van der Waals surface area contributed by atoms with Crippen LogP contribution in [0.25, 0.3) is 10.9 Å². The third-order valence-electron chi connectivity index (χ3n) is 3.27. The molecule has 0 saturated heterocycles. The maximum absolute atomic E-state index is 12.1. The summed E-state index contributed by atoms with van der Waals surface area (Å²) in [7, 11) is 0. The highest BCUT2D eigenvalue weighted by Crippen LogP contribution is 2.09. The minimum Gasteiger partial charge on any atom is -0.394 e. The van der Waals surface area contributed by atoms with Crippen LogP contribution in [-0.4, -0.2) is 51.6 Å². The smallest absolute Gasteiger partial charge is 0.268 e. The number of amides is 1. The molecule has 0 bridgehead atoms. The lowest BCUT2D eigenvalue weighted by molar-refractivity contribution is 0.0373. The predicted octanol–water partition coefficient (Wildman–Crippen LogP) is -1.03. The Morgan fingerprint density at radius 3 is 2.38 bits per heavy atom. The topological polar surface area (TPSA) is 123 Å². The molecular formula is C14H16N2O5. The van der Waals surface area contributed by atoms with Gasteiger partial charge in [-0.05, 0) is 12.1 Å². The first kappa shape index (κ1) is 15.2. The number of aliphatic hydroxyl groups excluding tert-OH is 3. The van der Waals surface area contributed by atoms with Crippen LogP contribution in [0.3, 0.4) is 0 Å². The fraction of sp³-hybridized carbons (Fsp3) is 0.286. The molecule has 1 amide bonds. The van der Waals surface area contributed by atoms with Crippen LogP contribution >= 0.6 is 0 Å². The zero-order chi connectivity index (χ0) is 15.5. The summed E-state index contributed by atoms with van der Waals surface area (Å²) in [6, 6.07) is 7.86. The van der Waals surface area contributed by atoms with E-state index in [1.54, 1.807) is 24.3 Å². The van der Waals surface area contributed by atoms with Gasteiger partial charge in [-0.25, -0.2) is 0 Å². The molecule has 7 heteroatoms. The Balaban J connectivity index is 2.38. The highest BCUT2D eigenvalue weighted by Gasteiger charge is 2.30. The van der Waals surface area contributed by atoms with Crippen LogP contribution in [-0.2, 0) is 0 Å². The van der Waals surface area contributed by atoms with E-state index >= 15 is 0 Å². The van der Waals surface area contributed by atoms with E-state index in [-0.39, 0.29) is 11.1 Å². The van der Waals surface area contributed by atoms with Gasteiger partial charge in [-0.15, -0.1) is 0 Å². The molecule has 0 aliphatic rings. The summed E-state index contributed by atoms with van der Waals surface area (Å²) in [6.07, 6.45) is 0. The third-order valence-corrected chi connectivity index (χ3v) is 3.27. The maximum atomic E-state index is 12.1. The number of fused-ring (bicyclic) bond motifs is 1. The van der Waals surface area contributed by atoms with E-state index in [0.29, 0.717) is 10.9 Å². The van der Waals surface area contributed by atoms with E-state index < -0.39 is 31.3 Å². The lowest BCUT2D eigenvalue weighted by Gasteiger charge is -2.28. The van der Waals surface area contributed by atoms with Crippen molar-refractivity contribution in [3.05, 3.63) is 46.2 Å². The summed E-state index contributed by atoms with van der Waals surface area (Å²) in [5, 5.41) is 30.4. The van der Waals surface area contributed by atoms with Gasteiger partial charge in [-0.2, -0.15) is 0 Å². The monoisotopic (exact) mass is 292 g/mol. The molecule has 2 rings (SSSR count). The van der Waals surface area contributed by atoms with Crippen molar-refractivity contribution in [2.75, 3.05) is 19.8 Å². The van der Waals surface area contributed by atoms with Crippen molar-refractivity contribution in [3.8, 4) is 0 Å². The van der Waals surface area contributed by atoms with E-state index in [9.17, 15) is 24.9 Å². The lowest BCUT2D eigenvalue weighted by atomic mass is 10.0. The second-order valence-corrected chi connectivity index (χ2v) is 4.80. The van der Waals surface area contributed by atoms with E-state index in [2.05, 4.69) is 10.3 Å². The molecule has 0 saturated carbocycles. The summed E-state index contributed by atoms with van der Waals surface area (Å²) < 4.78 is 0. The molecular weight excluding hydrogens is 276 g/mol. The van der Waals surface area contributed by atoms with Crippen LogP contribution in [0.1, 0.15) is 10.5 Å². The van der Waals surface area contributed by atoms with Crippen molar-refractivity contribution in [1.29, 1.82) is 0 Å². The van der Waals surface area contributed by atoms with Crippen LogP contribution in [0.4, 0.5) is 0 Å². The number of aromatic amines is 1. The van der Waals surface area contributed by atoms with Gasteiger partial charge in [0.1, 0.15) is 11.2 Å². The Kier molecular flexibility index (Phi) is 4.37. The second kappa shape index (κ2) is 6.04. The van der Waals surface area contributed by atoms with Crippen LogP contribution in [0, 0.1) is 0 Å². The zero-order valence-corrected chi connectivity index (χ0v) is 11.2. The van der Waals surface area contributed by atoms with Crippen molar-refractivity contribution in [3.63, 3.8) is 0 Å². The maximum Gasteiger partial charge on any atom is 0.268 e. The predicted molar refractivity (Wildman–Crippen MR) is 76.0 cm³/mol. The standard InChI is InChI=1S/C14H16N2O5/c17-6-14(7-18,8-19)16-13(21)11-5-12(20)9-3-1-2-4-10(9)15-11/h1-5,17-19H,6-8H2,(H,15,20)(H,16,21). The molecule has 1 heterocycles. The number of carbonyl (C=O) groups is 1. The fourth-order valence-corrected chi connectivity index (χ4v) is 1.90. The molecule has 0 unspecified atom stereocenters. The number of pyridine rings is 1. The summed E-state index contributed by atoms with van der Waals surface area (Å²) in [4.78, 5) is 26.9. The Morgan fingerprint density at radius 2 is 1.76 bits per heavy atom. The third kappa shape index (κ3) is 2.94. The Labute approximate surface area is 119 Å². The normalized spacial score (nSPS) is 11.6. The van der Waals surface area contributed by atoms with E-state index in [0.717, 1.165) is 6.07 Å². The molecule has 21 heavy (non-hydrogen) atoms. The van der Waals surface area contributed by atoms with Gasteiger partial charge < -0.3 is 25.6 Å². The van der Waals surface area contributed by atoms with Gasteiger partial charge >= 0.3 is 0 Å². The number of rotatable bonds is 5. The molecule has 1 aromatic carbocycles. The largest absolute Gasteiger partial charge is 0.394 e. The number of aliphatic hydroxyl groups is 3. The molecule has 5 N–H and O–H groups in total. The Hall–Kier alpha value is -2.22. The van der Waals surface area contributed by atoms with Gasteiger partial charge in [-0.1, -0.05) is 12.1 Å². The first-order valence-corrected chi connectivity index (χ1v) is 6.32. The molecule has 7 nitrogen and oxygen atoms in total. The summed E-state index contributed by atoms with van der Waals surface area (Å²) in [5.41, 5.74) is -1.38. The fourth-order valence-electron chi connectivity index (χ4n) is 1.90. The highest BCUT2D eigenvalue weighted by atomic mass is 16.3. The molecule has 0 aliphatic heterocycles. The molecule has 0 spiro atoms. The molecule has 0 atom stereocenters. The van der Waals surface area contributed by atoms with Gasteiger partial charge in [0.15, 0.2) is 5.43 Å². The van der Waals surface area contributed by atoms with Gasteiger partial charge in [0, 0.05) is 17.0 Å². The molecule has 2 aromatic rings. The number of H-pyrrole nitrogens is 1. The average Bonchev–Trinajstić information content (AvgIpc) is 2.52. The first-order chi connectivity index (χ1) is 10.0. The van der Waals surface area contributed by atoms with E-state index in [4.69, 9.17) is 0 Å². The quantitative estimate of drug-likeness (QED) is 0.482. The van der Waals surface area contributed by atoms with E-state index in [1.165, 1.54) is 0 Å². The van der Waals surface area contributed by atoms with Crippen molar-refractivity contribution in [1.82, 2.24) is 10.3 Å². The van der Waals surface area contributed by atoms with Crippen molar-refractivity contribution in [2.24, 2.45) is 0 Å². The molecule has 112 valence electrons. The minimum atomic E-state index is -1.54. The number of aromatic nitrogens is 1. The molecule has 1 aromatic heterocycles. The number of benzene rings is 1. The average molecular weight is 292 g/mol. The molecule has 0 fully saturated rings. The zero-order valence-electron chi connectivity index (χ0n) is 11.2. The van der Waals surface area contributed by atoms with E-state index in [1.807, 2.05) is 0 Å². The van der Waals surface area contributed by atoms with Crippen molar-refractivity contribution < 1.29 is 20.1 Å². The van der Waals surface area contributed by atoms with Crippen LogP contribution < -0.4 is 10.7 Å². The number of hydrogen-bond acceptors (Lipinski definition) is 5. The van der Waals surface area contributed by atoms with Crippen molar-refractivity contribution >= 4 is 16.8 Å². The number of para-hydroxylation sites is 1. The van der Waals surface area contributed by atoms with Crippen LogP contribution in [0.2, 0.25) is 0 Å². The van der Waals surface area contributed by atoms with Crippen LogP contribution in [0.15, 0.2) is 35.1 Å². The summed E-state index contributed by atoms with van der Waals surface area (Å²) in [6.45, 7) is -1.91.